The molecule has 0 radical (unpaired) electrons. The molecule has 5 nitrogen and oxygen atoms in total. The lowest BCUT2D eigenvalue weighted by atomic mass is 10.1. The minimum Gasteiger partial charge on any atom is -0.352 e. The van der Waals surface area contributed by atoms with E-state index < -0.39 is 0 Å². The molecule has 1 aromatic heterocycles. The van der Waals surface area contributed by atoms with E-state index >= 15 is 0 Å². The Hall–Kier alpha value is -3.21. The Bertz CT molecular complexity index is 947. The molecule has 1 aliphatic heterocycles. The van der Waals surface area contributed by atoms with Gasteiger partial charge >= 0.3 is 0 Å². The molecule has 4 rings (SSSR count). The fraction of sp³-hybridized carbons (Fsp3) is 0.190. The average molecular weight is 344 g/mol. The summed E-state index contributed by atoms with van der Waals surface area (Å²) in [6, 6.07) is 18.1. The SMILES string of the molecule is C=CC(=O)N1CCN(c2nc(-c3ccccc3)nc3ccccc23)CC1. The van der Waals surface area contributed by atoms with Crippen molar-refractivity contribution >= 4 is 22.6 Å². The van der Waals surface area contributed by atoms with E-state index in [0.717, 1.165) is 41.2 Å². The first-order chi connectivity index (χ1) is 12.8. The number of piperazine rings is 1. The summed E-state index contributed by atoms with van der Waals surface area (Å²) in [7, 11) is 0. The van der Waals surface area contributed by atoms with Crippen LogP contribution in [0.2, 0.25) is 0 Å². The Balaban J connectivity index is 1.72. The molecule has 0 aliphatic carbocycles. The molecule has 1 saturated heterocycles. The molecule has 1 aliphatic rings. The van der Waals surface area contributed by atoms with Crippen LogP contribution in [0.5, 0.6) is 0 Å². The molecule has 1 amide bonds. The normalized spacial score (nSPS) is 14.5. The van der Waals surface area contributed by atoms with E-state index in [0.29, 0.717) is 13.1 Å². The number of para-hydroxylation sites is 1. The molecular weight excluding hydrogens is 324 g/mol. The summed E-state index contributed by atoms with van der Waals surface area (Å²) in [5.74, 6) is 1.64. The van der Waals surface area contributed by atoms with E-state index in [1.165, 1.54) is 6.08 Å². The Morgan fingerprint density at radius 2 is 1.62 bits per heavy atom. The maximum absolute atomic E-state index is 11.8. The van der Waals surface area contributed by atoms with Gasteiger partial charge in [-0.3, -0.25) is 4.79 Å². The van der Waals surface area contributed by atoms with Gasteiger partial charge in [0.1, 0.15) is 5.82 Å². The number of aromatic nitrogens is 2. The number of amides is 1. The zero-order valence-corrected chi connectivity index (χ0v) is 14.5. The first kappa shape index (κ1) is 16.3. The number of carbonyl (C=O) groups excluding carboxylic acids is 1. The smallest absolute Gasteiger partial charge is 0.246 e. The third kappa shape index (κ3) is 3.04. The van der Waals surface area contributed by atoms with Crippen LogP contribution in [0, 0.1) is 0 Å². The molecule has 1 fully saturated rings. The number of hydrogen-bond donors (Lipinski definition) is 0. The second-order valence-corrected chi connectivity index (χ2v) is 6.27. The maximum atomic E-state index is 11.8. The van der Waals surface area contributed by atoms with Crippen LogP contribution in [-0.2, 0) is 4.79 Å². The van der Waals surface area contributed by atoms with E-state index in [-0.39, 0.29) is 5.91 Å². The highest BCUT2D eigenvalue weighted by atomic mass is 16.2. The fourth-order valence-electron chi connectivity index (χ4n) is 3.28. The maximum Gasteiger partial charge on any atom is 0.246 e. The van der Waals surface area contributed by atoms with Crippen molar-refractivity contribution in [3.63, 3.8) is 0 Å². The van der Waals surface area contributed by atoms with Crippen molar-refractivity contribution in [3.8, 4) is 11.4 Å². The van der Waals surface area contributed by atoms with Crippen LogP contribution in [0.1, 0.15) is 0 Å². The molecule has 2 aromatic carbocycles. The number of hydrogen-bond acceptors (Lipinski definition) is 4. The van der Waals surface area contributed by atoms with E-state index in [4.69, 9.17) is 9.97 Å². The quantitative estimate of drug-likeness (QED) is 0.685. The van der Waals surface area contributed by atoms with Crippen LogP contribution >= 0.6 is 0 Å². The third-order valence-corrected chi connectivity index (χ3v) is 4.68. The number of nitrogens with zero attached hydrogens (tertiary/aromatic N) is 4. The molecule has 3 aromatic rings. The summed E-state index contributed by atoms with van der Waals surface area (Å²) in [6.07, 6.45) is 1.38. The third-order valence-electron chi connectivity index (χ3n) is 4.68. The highest BCUT2D eigenvalue weighted by Gasteiger charge is 2.22. The van der Waals surface area contributed by atoms with Crippen molar-refractivity contribution in [3.05, 3.63) is 67.3 Å². The lowest BCUT2D eigenvalue weighted by Crippen LogP contribution is -2.48. The van der Waals surface area contributed by atoms with Crippen molar-refractivity contribution in [2.75, 3.05) is 31.1 Å². The zero-order valence-electron chi connectivity index (χ0n) is 14.5. The average Bonchev–Trinajstić information content (AvgIpc) is 2.73. The summed E-state index contributed by atoms with van der Waals surface area (Å²) in [4.78, 5) is 25.5. The van der Waals surface area contributed by atoms with Crippen LogP contribution < -0.4 is 4.90 Å². The zero-order chi connectivity index (χ0) is 17.9. The van der Waals surface area contributed by atoms with Crippen molar-refractivity contribution in [1.29, 1.82) is 0 Å². The van der Waals surface area contributed by atoms with E-state index in [2.05, 4.69) is 17.5 Å². The molecule has 0 unspecified atom stereocenters. The first-order valence-corrected chi connectivity index (χ1v) is 8.75. The van der Waals surface area contributed by atoms with Gasteiger partial charge in [0.15, 0.2) is 5.82 Å². The summed E-state index contributed by atoms with van der Waals surface area (Å²) in [5, 5.41) is 1.04. The van der Waals surface area contributed by atoms with Crippen LogP contribution in [0.15, 0.2) is 67.3 Å². The van der Waals surface area contributed by atoms with E-state index in [1.54, 1.807) is 0 Å². The van der Waals surface area contributed by atoms with Gasteiger partial charge in [-0.25, -0.2) is 9.97 Å². The van der Waals surface area contributed by atoms with Gasteiger partial charge in [0, 0.05) is 37.1 Å². The standard InChI is InChI=1S/C21H20N4O/c1-2-19(26)24-12-14-25(15-13-24)21-17-10-6-7-11-18(17)22-20(23-21)16-8-4-3-5-9-16/h2-11H,1,12-15H2. The van der Waals surface area contributed by atoms with Crippen LogP contribution in [0.4, 0.5) is 5.82 Å². The van der Waals surface area contributed by atoms with Gasteiger partial charge in [-0.2, -0.15) is 0 Å². The predicted octanol–water partition coefficient (Wildman–Crippen LogP) is 3.13. The summed E-state index contributed by atoms with van der Waals surface area (Å²) >= 11 is 0. The van der Waals surface area contributed by atoms with Crippen molar-refractivity contribution < 1.29 is 4.79 Å². The number of rotatable bonds is 3. The van der Waals surface area contributed by atoms with Gasteiger partial charge in [0.05, 0.1) is 5.52 Å². The Kier molecular flexibility index (Phi) is 4.35. The highest BCUT2D eigenvalue weighted by molar-refractivity contribution is 5.91. The lowest BCUT2D eigenvalue weighted by molar-refractivity contribution is -0.126. The second-order valence-electron chi connectivity index (χ2n) is 6.27. The van der Waals surface area contributed by atoms with Crippen LogP contribution in [0.3, 0.4) is 0 Å². The van der Waals surface area contributed by atoms with Gasteiger partial charge in [-0.15, -0.1) is 0 Å². The number of benzene rings is 2. The summed E-state index contributed by atoms with van der Waals surface area (Å²) in [5.41, 5.74) is 1.93. The van der Waals surface area contributed by atoms with E-state index in [9.17, 15) is 4.79 Å². The first-order valence-electron chi connectivity index (χ1n) is 8.75. The molecule has 26 heavy (non-hydrogen) atoms. The molecule has 130 valence electrons. The van der Waals surface area contributed by atoms with Crippen molar-refractivity contribution in [2.45, 2.75) is 0 Å². The van der Waals surface area contributed by atoms with Crippen molar-refractivity contribution in [2.24, 2.45) is 0 Å². The fourth-order valence-corrected chi connectivity index (χ4v) is 3.28. The molecule has 0 spiro atoms. The molecule has 0 bridgehead atoms. The van der Waals surface area contributed by atoms with Gasteiger partial charge in [-0.1, -0.05) is 49.0 Å². The topological polar surface area (TPSA) is 49.3 Å². The second kappa shape index (κ2) is 6.96. The van der Waals surface area contributed by atoms with Gasteiger partial charge < -0.3 is 9.80 Å². The van der Waals surface area contributed by atoms with Crippen LogP contribution in [-0.4, -0.2) is 47.0 Å². The molecular formula is C21H20N4O. The molecule has 0 saturated carbocycles. The monoisotopic (exact) mass is 344 g/mol. The minimum atomic E-state index is -0.0119. The Labute approximate surface area is 152 Å². The Morgan fingerprint density at radius 1 is 0.923 bits per heavy atom. The largest absolute Gasteiger partial charge is 0.352 e. The van der Waals surface area contributed by atoms with Crippen molar-refractivity contribution in [1.82, 2.24) is 14.9 Å². The number of anilines is 1. The predicted molar refractivity (Wildman–Crippen MR) is 104 cm³/mol. The number of fused-ring (bicyclic) bond motifs is 1. The number of carbonyl (C=O) groups is 1. The lowest BCUT2D eigenvalue weighted by Gasteiger charge is -2.35. The Morgan fingerprint density at radius 3 is 2.35 bits per heavy atom. The van der Waals surface area contributed by atoms with Gasteiger partial charge in [0.2, 0.25) is 5.91 Å². The summed E-state index contributed by atoms with van der Waals surface area (Å²) < 4.78 is 0. The summed E-state index contributed by atoms with van der Waals surface area (Å²) in [6.45, 7) is 6.40. The van der Waals surface area contributed by atoms with Gasteiger partial charge in [-0.05, 0) is 18.2 Å². The molecule has 5 heteroatoms. The van der Waals surface area contributed by atoms with E-state index in [1.807, 2.05) is 53.4 Å². The minimum absolute atomic E-state index is 0.0119. The molecule has 2 heterocycles. The molecule has 0 N–H and O–H groups in total. The van der Waals surface area contributed by atoms with Gasteiger partial charge in [0.25, 0.3) is 0 Å². The highest BCUT2D eigenvalue weighted by Crippen LogP contribution is 2.28. The van der Waals surface area contributed by atoms with Crippen LogP contribution in [0.25, 0.3) is 22.3 Å². The molecule has 0 atom stereocenters.